The van der Waals surface area contributed by atoms with Gasteiger partial charge in [-0.2, -0.15) is 0 Å². The van der Waals surface area contributed by atoms with Gasteiger partial charge in [-0.3, -0.25) is 81.9 Å². The minimum absolute atomic E-state index is 0.00708. The number of nitrogens with one attached hydrogen (secondary N) is 13. The van der Waals surface area contributed by atoms with Gasteiger partial charge in [0.2, 0.25) is 82.7 Å². The van der Waals surface area contributed by atoms with Crippen LogP contribution in [0, 0.1) is 17.8 Å². The molecule has 0 aliphatic carbocycles. The zero-order valence-electron chi connectivity index (χ0n) is 69.6. The molecule has 3 fully saturated rings. The molecule has 2 aromatic carbocycles. The average Bonchev–Trinajstić information content (AvgIpc) is 1.70. The van der Waals surface area contributed by atoms with E-state index in [4.69, 9.17) is 22.9 Å². The summed E-state index contributed by atoms with van der Waals surface area (Å²) in [5, 5.41) is 75.2. The summed E-state index contributed by atoms with van der Waals surface area (Å²) in [7, 11) is 0. The normalized spacial score (nSPS) is 18.2. The fraction of sp³-hybridized carbons (Fsp3) is 0.625. The summed E-state index contributed by atoms with van der Waals surface area (Å²) in [6.07, 6.45) is -0.961. The minimum Gasteiger partial charge on any atom is -0.508 e. The van der Waals surface area contributed by atoms with Gasteiger partial charge in [0.25, 0.3) is 0 Å². The van der Waals surface area contributed by atoms with E-state index in [1.807, 2.05) is 0 Å². The Morgan fingerprint density at radius 3 is 1.50 bits per heavy atom. The highest BCUT2D eigenvalue weighted by Crippen LogP contribution is 2.25. The number of aliphatic imine (C=N–C) groups is 2. The van der Waals surface area contributed by atoms with Gasteiger partial charge in [0, 0.05) is 58.4 Å². The number of unbranched alkanes of at least 4 members (excludes halogenated alkanes) is 1. The molecule has 121 heavy (non-hydrogen) atoms. The Bertz CT molecular complexity index is 3990. The zero-order valence-corrected chi connectivity index (χ0v) is 69.6. The Kier molecular flexibility index (Phi) is 39.6. The Hall–Kier alpha value is -11.9. The second-order valence-corrected chi connectivity index (χ2v) is 31.9. The third-order valence-corrected chi connectivity index (χ3v) is 21.2. The Morgan fingerprint density at radius 2 is 1.00 bits per heavy atom. The highest BCUT2D eigenvalue weighted by atomic mass is 16.4. The number of amides is 14. The number of benzene rings is 2. The lowest BCUT2D eigenvalue weighted by atomic mass is 9.96. The number of aromatic hydroxyl groups is 2. The summed E-state index contributed by atoms with van der Waals surface area (Å²) in [4.78, 5) is 235. The lowest BCUT2D eigenvalue weighted by molar-refractivity contribution is -0.144. The van der Waals surface area contributed by atoms with E-state index < -0.39 is 192 Å². The van der Waals surface area contributed by atoms with Crippen LogP contribution < -0.4 is 92.1 Å². The van der Waals surface area contributed by atoms with E-state index in [2.05, 4.69) is 79.1 Å². The molecule has 41 nitrogen and oxygen atoms in total. The number of guanidine groups is 2. The number of primary amides is 1. The van der Waals surface area contributed by atoms with Crippen LogP contribution in [-0.4, -0.2) is 261 Å². The third kappa shape index (κ3) is 32.3. The zero-order chi connectivity index (χ0) is 89.2. The highest BCUT2D eigenvalue weighted by Gasteiger charge is 2.44. The molecule has 0 spiro atoms. The Balaban J connectivity index is 1.24. The molecule has 14 atom stereocenters. The number of phenolic OH excluding ortho intramolecular Hbond substituents is 2. The van der Waals surface area contributed by atoms with E-state index in [9.17, 15) is 78.0 Å². The van der Waals surface area contributed by atoms with Crippen molar-refractivity contribution in [3.05, 3.63) is 59.7 Å². The van der Waals surface area contributed by atoms with E-state index in [1.165, 1.54) is 58.3 Å². The third-order valence-electron chi connectivity index (χ3n) is 21.2. The lowest BCUT2D eigenvalue weighted by Gasteiger charge is -2.32. The van der Waals surface area contributed by atoms with Crippen molar-refractivity contribution in [2.24, 2.45) is 50.7 Å². The molecule has 0 radical (unpaired) electrons. The van der Waals surface area contributed by atoms with Crippen molar-refractivity contribution in [2.75, 3.05) is 45.8 Å². The van der Waals surface area contributed by atoms with Gasteiger partial charge in [0.1, 0.15) is 90.0 Å². The molecule has 4 aliphatic rings. The van der Waals surface area contributed by atoms with Crippen LogP contribution in [0.4, 0.5) is 0 Å². The number of hydrogen-bond acceptors (Lipinski definition) is 23. The fourth-order valence-corrected chi connectivity index (χ4v) is 14.5. The van der Waals surface area contributed by atoms with Crippen molar-refractivity contribution >= 4 is 107 Å². The number of hydrogen-bond donors (Lipinski definition) is 21. The molecule has 4 aliphatic heterocycles. The number of nitrogens with two attached hydrogens (primary N) is 4. The van der Waals surface area contributed by atoms with Crippen molar-refractivity contribution in [2.45, 2.75) is 255 Å². The molecule has 4 heterocycles. The summed E-state index contributed by atoms with van der Waals surface area (Å²) in [6.45, 7) is 11.9. The van der Waals surface area contributed by atoms with Crippen LogP contribution in [0.1, 0.15) is 175 Å². The minimum atomic E-state index is -1.92. The summed E-state index contributed by atoms with van der Waals surface area (Å²) >= 11 is 0. The fourth-order valence-electron chi connectivity index (χ4n) is 14.5. The van der Waals surface area contributed by atoms with Gasteiger partial charge in [-0.05, 0) is 156 Å². The van der Waals surface area contributed by atoms with Crippen LogP contribution >= 0.6 is 0 Å². The van der Waals surface area contributed by atoms with Crippen LogP contribution in [0.3, 0.4) is 0 Å². The van der Waals surface area contributed by atoms with Crippen molar-refractivity contribution < 1.29 is 97.1 Å². The molecule has 25 N–H and O–H groups in total. The molecule has 0 bridgehead atoms. The van der Waals surface area contributed by atoms with Gasteiger partial charge in [-0.25, -0.2) is 4.79 Å². The van der Waals surface area contributed by atoms with E-state index in [0.29, 0.717) is 43.0 Å². The van der Waals surface area contributed by atoms with Crippen LogP contribution in [0.5, 0.6) is 11.5 Å². The number of aliphatic carboxylic acids is 2. The lowest BCUT2D eigenvalue weighted by Crippen LogP contribution is -2.61. The SMILES string of the molecule is CC[C@H](C)[C@H](NC(=O)[C@H](Cc1ccc(O)cc1)NC(=O)[C@@H]1CCCN1C(=O)[C@H](CCCN=C(N)N)NC(=O)[C@H](CCCNC1=NCCN1)NC(=O)[C@@H]1CCCN1C(=O)[C@H](CCCCN)NC(=O)[C@H](CC(N)=O)NC(=O)[C@H](CCC(=O)O)NC(=O)[C@H](Cc1ccc(O)cc1)NC(=O)[C@H](CC(C)C)NC(=O)[C@@H]1CCC(=O)N1)C(=O)N[C@@H](CC(C)C)C(=O)O. The first-order valence-corrected chi connectivity index (χ1v) is 41.5. The predicted molar refractivity (Wildman–Crippen MR) is 441 cm³/mol. The maximum atomic E-state index is 15.2. The first-order chi connectivity index (χ1) is 57.4. The van der Waals surface area contributed by atoms with Gasteiger partial charge < -0.3 is 122 Å². The molecule has 0 saturated carbocycles. The number of likely N-dealkylation sites (tertiary alicyclic amines) is 2. The van der Waals surface area contributed by atoms with Gasteiger partial charge >= 0.3 is 11.9 Å². The van der Waals surface area contributed by atoms with Gasteiger partial charge in [-0.15, -0.1) is 0 Å². The summed E-state index contributed by atoms with van der Waals surface area (Å²) < 4.78 is 0. The molecule has 2 aromatic rings. The Labute approximate surface area is 702 Å². The second-order valence-electron chi connectivity index (χ2n) is 31.9. The monoisotopic (exact) mass is 1700 g/mol. The number of carbonyl (C=O) groups is 16. The van der Waals surface area contributed by atoms with E-state index in [-0.39, 0.29) is 171 Å². The van der Waals surface area contributed by atoms with Crippen molar-refractivity contribution in [3.63, 3.8) is 0 Å². The number of nitrogens with zero attached hydrogens (tertiary/aromatic N) is 4. The summed E-state index contributed by atoms with van der Waals surface area (Å²) in [6, 6.07) is -7.12. The van der Waals surface area contributed by atoms with E-state index in [1.54, 1.807) is 41.5 Å². The molecule has 14 amide bonds. The predicted octanol–water partition coefficient (Wildman–Crippen LogP) is -3.53. The standard InChI is InChI=1S/C80H123N21O20/c1-7-45(6)65(75(117)98-59(78(120)121)39-44(4)5)99-72(114)57(41-47-21-25-49(103)26-22-47)97-74(116)61-18-13-37-101(61)77(119)54(16-11-32-85-79(83)84)92-66(108)50(15-10-33-86-80-87-34-35-88-80)91-73(115)60-17-12-36-100(60)76(118)53(14-8-9-31-81)93-71(113)58(42-62(82)104)96-68(110)52(28-30-64(106)107)90-70(112)56(40-46-19-23-48(102)24-20-46)95-69(111)55(38-43(2)3)94-67(109)51-27-29-63(105)89-51/h19-26,43-45,50-61,65,102-103H,7-18,27-42,81H2,1-6H3,(H2,82,104)(H,89,105)(H,90,112)(H,91,115)(H,92,108)(H,93,113)(H,94,109)(H,95,111)(H,96,110)(H,97,116)(H,98,117)(H,99,114)(H,106,107)(H,120,121)(H4,83,84,85)(H2,86,87,88)/t45-,50-,51-,52-,53-,54-,55-,56-,57-,58-,59-,60-,61-,65-/m0/s1. The second kappa shape index (κ2) is 49.0. The quantitative estimate of drug-likeness (QED) is 0.0173. The maximum absolute atomic E-state index is 15.2. The maximum Gasteiger partial charge on any atom is 0.326 e. The Morgan fingerprint density at radius 1 is 0.537 bits per heavy atom. The number of carboxylic acids is 2. The first kappa shape index (κ1) is 97.9. The van der Waals surface area contributed by atoms with Crippen LogP contribution in [0.15, 0.2) is 58.5 Å². The molecule has 6 rings (SSSR count). The highest BCUT2D eigenvalue weighted by molar-refractivity contribution is 6.01. The van der Waals surface area contributed by atoms with Crippen molar-refractivity contribution in [1.82, 2.24) is 78.9 Å². The van der Waals surface area contributed by atoms with Gasteiger partial charge in [-0.1, -0.05) is 72.2 Å². The molecular weight excluding hydrogens is 1580 g/mol. The van der Waals surface area contributed by atoms with Crippen LogP contribution in [-0.2, 0) is 89.6 Å². The van der Waals surface area contributed by atoms with E-state index >= 15 is 19.2 Å². The van der Waals surface area contributed by atoms with Crippen molar-refractivity contribution in [1.29, 1.82) is 0 Å². The molecular formula is C80H123N21O20. The van der Waals surface area contributed by atoms with Gasteiger partial charge in [0.05, 0.1) is 13.0 Å². The summed E-state index contributed by atoms with van der Waals surface area (Å²) in [5.41, 5.74) is 23.8. The van der Waals surface area contributed by atoms with Crippen LogP contribution in [0.2, 0.25) is 0 Å². The van der Waals surface area contributed by atoms with Gasteiger partial charge in [0.15, 0.2) is 11.9 Å². The van der Waals surface area contributed by atoms with Crippen LogP contribution in [0.25, 0.3) is 0 Å². The first-order valence-electron chi connectivity index (χ1n) is 41.5. The average molecular weight is 1700 g/mol. The van der Waals surface area contributed by atoms with E-state index in [0.717, 1.165) is 0 Å². The smallest absolute Gasteiger partial charge is 0.326 e. The number of phenols is 2. The number of carboxylic acid groups (broad SMARTS) is 2. The summed E-state index contributed by atoms with van der Waals surface area (Å²) in [5.74, 6) is -15.6. The molecule has 41 heteroatoms. The number of rotatable bonds is 50. The topological polar surface area (TPSA) is 646 Å². The number of carbonyl (C=O) groups excluding carboxylic acids is 14. The molecule has 0 aromatic heterocycles. The van der Waals surface area contributed by atoms with Crippen molar-refractivity contribution in [3.8, 4) is 11.5 Å². The molecule has 0 unspecified atom stereocenters. The molecule has 668 valence electrons. The largest absolute Gasteiger partial charge is 0.508 e. The molecule has 3 saturated heterocycles.